The first-order chi connectivity index (χ1) is 14.0. The highest BCUT2D eigenvalue weighted by molar-refractivity contribution is 14.0. The highest BCUT2D eigenvalue weighted by atomic mass is 127. The summed E-state index contributed by atoms with van der Waals surface area (Å²) in [5.41, 5.74) is -0.644. The summed E-state index contributed by atoms with van der Waals surface area (Å²) in [4.78, 5) is 8.24. The van der Waals surface area contributed by atoms with Crippen molar-refractivity contribution < 1.29 is 9.84 Å². The fourth-order valence-corrected chi connectivity index (χ4v) is 5.21. The van der Waals surface area contributed by atoms with Crippen LogP contribution in [0.15, 0.2) is 22.5 Å². The van der Waals surface area contributed by atoms with Crippen LogP contribution in [-0.2, 0) is 10.3 Å². The molecule has 0 spiro atoms. The molecular formula is C22H39IN4O2S. The maximum atomic E-state index is 10.8. The highest BCUT2D eigenvalue weighted by Gasteiger charge is 2.34. The largest absolute Gasteiger partial charge is 0.383 e. The summed E-state index contributed by atoms with van der Waals surface area (Å²) in [5.74, 6) is 0.802. The monoisotopic (exact) mass is 550 g/mol. The molecule has 1 saturated carbocycles. The van der Waals surface area contributed by atoms with Crippen molar-refractivity contribution in [2.75, 3.05) is 52.5 Å². The van der Waals surface area contributed by atoms with Crippen molar-refractivity contribution >= 4 is 41.3 Å². The van der Waals surface area contributed by atoms with Gasteiger partial charge in [0, 0.05) is 43.0 Å². The zero-order chi connectivity index (χ0) is 20.6. The first-order valence-electron chi connectivity index (χ1n) is 11.1. The second-order valence-corrected chi connectivity index (χ2v) is 9.70. The number of hydrogen-bond acceptors (Lipinski definition) is 5. The normalized spacial score (nSPS) is 22.0. The maximum absolute atomic E-state index is 10.8. The molecule has 0 aromatic carbocycles. The minimum Gasteiger partial charge on any atom is -0.383 e. The Hall–Kier alpha value is -0.420. The molecule has 172 valence electrons. The summed E-state index contributed by atoms with van der Waals surface area (Å²) >= 11 is 1.57. The van der Waals surface area contributed by atoms with Gasteiger partial charge in [0.2, 0.25) is 0 Å². The van der Waals surface area contributed by atoms with Crippen molar-refractivity contribution in [3.8, 4) is 0 Å². The number of rotatable bonds is 8. The van der Waals surface area contributed by atoms with Crippen molar-refractivity contribution in [3.63, 3.8) is 0 Å². The zero-order valence-electron chi connectivity index (χ0n) is 18.5. The molecule has 30 heavy (non-hydrogen) atoms. The number of aliphatic imine (C=N–C) groups is 1. The number of thiophene rings is 1. The van der Waals surface area contributed by atoms with Crippen LogP contribution in [0.2, 0.25) is 0 Å². The van der Waals surface area contributed by atoms with Gasteiger partial charge in [-0.1, -0.05) is 25.3 Å². The van der Waals surface area contributed by atoms with Crippen LogP contribution in [0.25, 0.3) is 0 Å². The number of halogens is 1. The molecule has 1 aromatic rings. The molecule has 1 saturated heterocycles. The third-order valence-corrected chi connectivity index (χ3v) is 7.27. The molecule has 0 amide bonds. The molecule has 0 bridgehead atoms. The zero-order valence-corrected chi connectivity index (χ0v) is 21.6. The molecule has 2 aliphatic rings. The number of nitrogens with zero attached hydrogens (tertiary/aromatic N) is 2. The Morgan fingerprint density at radius 3 is 2.63 bits per heavy atom. The lowest BCUT2D eigenvalue weighted by Crippen LogP contribution is -2.51. The molecule has 6 nitrogen and oxygen atoms in total. The van der Waals surface area contributed by atoms with Gasteiger partial charge in [-0.25, -0.2) is 4.99 Å². The molecule has 1 aliphatic heterocycles. The first kappa shape index (κ1) is 25.8. The molecule has 3 N–H and O–H groups in total. The van der Waals surface area contributed by atoms with E-state index < -0.39 is 5.60 Å². The highest BCUT2D eigenvalue weighted by Crippen LogP contribution is 2.36. The second kappa shape index (κ2) is 12.6. The minimum absolute atomic E-state index is 0. The van der Waals surface area contributed by atoms with Crippen LogP contribution in [0.4, 0.5) is 0 Å². The van der Waals surface area contributed by atoms with E-state index in [0.29, 0.717) is 12.0 Å². The fourth-order valence-electron chi connectivity index (χ4n) is 4.44. The van der Waals surface area contributed by atoms with E-state index in [2.05, 4.69) is 22.5 Å². The van der Waals surface area contributed by atoms with Crippen LogP contribution >= 0.6 is 35.3 Å². The van der Waals surface area contributed by atoms with Crippen molar-refractivity contribution in [2.45, 2.75) is 51.6 Å². The Kier molecular flexibility index (Phi) is 10.8. The van der Waals surface area contributed by atoms with Gasteiger partial charge in [-0.3, -0.25) is 4.90 Å². The van der Waals surface area contributed by atoms with Gasteiger partial charge < -0.3 is 20.5 Å². The van der Waals surface area contributed by atoms with E-state index in [0.717, 1.165) is 56.8 Å². The summed E-state index contributed by atoms with van der Waals surface area (Å²) in [5, 5.41) is 19.8. The van der Waals surface area contributed by atoms with E-state index in [1.54, 1.807) is 11.3 Å². The standard InChI is InChI=1S/C22H38N4O2S.HI/c1-3-23-20(24-16-21(2,27)19-8-7-15-29-19)25-17-22(9-5-4-6-10-22)18-26-11-13-28-14-12-26;/h7-8,15,27H,3-6,9-14,16-18H2,1-2H3,(H2,23,24,25);1H. The summed E-state index contributed by atoms with van der Waals surface area (Å²) in [6, 6.07) is 3.94. The molecule has 1 atom stereocenters. The van der Waals surface area contributed by atoms with E-state index in [1.807, 2.05) is 24.4 Å². The lowest BCUT2D eigenvalue weighted by Gasteiger charge is -2.42. The van der Waals surface area contributed by atoms with Crippen LogP contribution in [0.1, 0.15) is 50.8 Å². The number of morpholine rings is 1. The predicted molar refractivity (Wildman–Crippen MR) is 136 cm³/mol. The lowest BCUT2D eigenvalue weighted by atomic mass is 9.73. The molecule has 8 heteroatoms. The van der Waals surface area contributed by atoms with Gasteiger partial charge in [0.05, 0.1) is 19.8 Å². The molecule has 1 aromatic heterocycles. The number of ether oxygens (including phenoxy) is 1. The molecule has 1 unspecified atom stereocenters. The summed E-state index contributed by atoms with van der Waals surface area (Å²) < 4.78 is 5.54. The first-order valence-corrected chi connectivity index (χ1v) is 12.0. The third kappa shape index (κ3) is 7.62. The van der Waals surface area contributed by atoms with Crippen molar-refractivity contribution in [1.82, 2.24) is 15.5 Å². The Labute approximate surface area is 202 Å². The fraction of sp³-hybridized carbons (Fsp3) is 0.773. The molecule has 3 rings (SSSR count). The van der Waals surface area contributed by atoms with Gasteiger partial charge in [-0.2, -0.15) is 0 Å². The van der Waals surface area contributed by atoms with Gasteiger partial charge in [-0.05, 0) is 38.1 Å². The molecule has 2 heterocycles. The molecule has 1 aliphatic carbocycles. The SMILES string of the molecule is CCNC(=NCC(C)(O)c1cccs1)NCC1(CN2CCOCC2)CCCCC1.I. The predicted octanol–water partition coefficient (Wildman–Crippen LogP) is 3.41. The second-order valence-electron chi connectivity index (χ2n) is 8.75. The number of hydrogen-bond donors (Lipinski definition) is 3. The Balaban J connectivity index is 0.00000320. The van der Waals surface area contributed by atoms with E-state index in [9.17, 15) is 5.11 Å². The average molecular weight is 551 g/mol. The van der Waals surface area contributed by atoms with Gasteiger partial charge in [0.1, 0.15) is 5.60 Å². The van der Waals surface area contributed by atoms with Gasteiger partial charge in [0.15, 0.2) is 5.96 Å². The number of guanidine groups is 1. The average Bonchev–Trinajstić information content (AvgIpc) is 3.28. The van der Waals surface area contributed by atoms with Crippen LogP contribution in [-0.4, -0.2) is 68.4 Å². The van der Waals surface area contributed by atoms with E-state index in [-0.39, 0.29) is 24.0 Å². The summed E-state index contributed by atoms with van der Waals surface area (Å²) in [6.45, 7) is 10.9. The summed E-state index contributed by atoms with van der Waals surface area (Å²) in [7, 11) is 0. The van der Waals surface area contributed by atoms with Crippen LogP contribution in [0.5, 0.6) is 0 Å². The topological polar surface area (TPSA) is 69.1 Å². The molecular weight excluding hydrogens is 511 g/mol. The van der Waals surface area contributed by atoms with E-state index in [4.69, 9.17) is 9.73 Å². The summed E-state index contributed by atoms with van der Waals surface area (Å²) in [6.07, 6.45) is 6.51. The third-order valence-electron chi connectivity index (χ3n) is 6.15. The maximum Gasteiger partial charge on any atom is 0.191 e. The molecule has 2 fully saturated rings. The van der Waals surface area contributed by atoms with Crippen LogP contribution < -0.4 is 10.6 Å². The van der Waals surface area contributed by atoms with E-state index >= 15 is 0 Å². The van der Waals surface area contributed by atoms with Crippen molar-refractivity contribution in [1.29, 1.82) is 0 Å². The van der Waals surface area contributed by atoms with Gasteiger partial charge in [-0.15, -0.1) is 35.3 Å². The van der Waals surface area contributed by atoms with Gasteiger partial charge >= 0.3 is 0 Å². The van der Waals surface area contributed by atoms with E-state index in [1.165, 1.54) is 32.1 Å². The number of nitrogens with one attached hydrogen (secondary N) is 2. The van der Waals surface area contributed by atoms with Crippen LogP contribution in [0, 0.1) is 5.41 Å². The lowest BCUT2D eigenvalue weighted by molar-refractivity contribution is 0.00819. The minimum atomic E-state index is -0.938. The smallest absolute Gasteiger partial charge is 0.191 e. The van der Waals surface area contributed by atoms with Gasteiger partial charge in [0.25, 0.3) is 0 Å². The van der Waals surface area contributed by atoms with Crippen molar-refractivity contribution in [2.24, 2.45) is 10.4 Å². The van der Waals surface area contributed by atoms with Crippen molar-refractivity contribution in [3.05, 3.63) is 22.4 Å². The van der Waals surface area contributed by atoms with Crippen LogP contribution in [0.3, 0.4) is 0 Å². The molecule has 0 radical (unpaired) electrons. The Morgan fingerprint density at radius 1 is 1.27 bits per heavy atom. The number of aliphatic hydroxyl groups is 1. The Bertz CT molecular complexity index is 627. The quantitative estimate of drug-likeness (QED) is 0.263. The Morgan fingerprint density at radius 2 is 2.00 bits per heavy atom.